The lowest BCUT2D eigenvalue weighted by molar-refractivity contribution is -0.149. The molecule has 5 heteroatoms. The average Bonchev–Trinajstić information content (AvgIpc) is 2.16. The van der Waals surface area contributed by atoms with Crippen LogP contribution in [0.15, 0.2) is 0 Å². The standard InChI is InChI=1S/C12H27N3O2/c1-6-17-11(16)12(2,13)10-15(5)9-7-8-14(3)4/h6-10,13H2,1-5H3. The first-order chi connectivity index (χ1) is 7.79. The van der Waals surface area contributed by atoms with E-state index in [0.29, 0.717) is 13.2 Å². The van der Waals surface area contributed by atoms with Gasteiger partial charge in [-0.3, -0.25) is 4.79 Å². The summed E-state index contributed by atoms with van der Waals surface area (Å²) in [5.74, 6) is -0.334. The van der Waals surface area contributed by atoms with Gasteiger partial charge in [-0.25, -0.2) is 0 Å². The molecule has 0 aliphatic heterocycles. The van der Waals surface area contributed by atoms with E-state index in [0.717, 1.165) is 19.5 Å². The lowest BCUT2D eigenvalue weighted by atomic mass is 10.0. The number of carbonyl (C=O) groups excluding carboxylic acids is 1. The van der Waals surface area contributed by atoms with Gasteiger partial charge in [0.15, 0.2) is 0 Å². The van der Waals surface area contributed by atoms with Gasteiger partial charge in [-0.2, -0.15) is 0 Å². The molecular formula is C12H27N3O2. The van der Waals surface area contributed by atoms with Gasteiger partial charge in [0.25, 0.3) is 0 Å². The van der Waals surface area contributed by atoms with Crippen molar-refractivity contribution in [2.24, 2.45) is 5.73 Å². The molecule has 0 aromatic heterocycles. The van der Waals surface area contributed by atoms with Gasteiger partial charge in [-0.15, -0.1) is 0 Å². The molecule has 5 nitrogen and oxygen atoms in total. The molecule has 0 rings (SSSR count). The molecule has 1 atom stereocenters. The molecule has 0 aromatic carbocycles. The fourth-order valence-corrected chi connectivity index (χ4v) is 1.66. The fraction of sp³-hybridized carbons (Fsp3) is 0.917. The van der Waals surface area contributed by atoms with Crippen LogP contribution in [0.3, 0.4) is 0 Å². The smallest absolute Gasteiger partial charge is 0.327 e. The van der Waals surface area contributed by atoms with E-state index in [-0.39, 0.29) is 5.97 Å². The Hall–Kier alpha value is -0.650. The van der Waals surface area contributed by atoms with Crippen LogP contribution in [0, 0.1) is 0 Å². The third kappa shape index (κ3) is 7.31. The van der Waals surface area contributed by atoms with E-state index >= 15 is 0 Å². The van der Waals surface area contributed by atoms with Crippen molar-refractivity contribution in [3.05, 3.63) is 0 Å². The zero-order valence-corrected chi connectivity index (χ0v) is 11.8. The van der Waals surface area contributed by atoms with E-state index in [1.807, 2.05) is 21.1 Å². The molecule has 0 aliphatic rings. The van der Waals surface area contributed by atoms with Crippen molar-refractivity contribution in [2.75, 3.05) is 47.4 Å². The number of esters is 1. The predicted molar refractivity (Wildman–Crippen MR) is 69.9 cm³/mol. The second-order valence-corrected chi connectivity index (χ2v) is 5.03. The maximum Gasteiger partial charge on any atom is 0.327 e. The highest BCUT2D eigenvalue weighted by Crippen LogP contribution is 2.05. The largest absolute Gasteiger partial charge is 0.465 e. The van der Waals surface area contributed by atoms with Crippen LogP contribution in [-0.2, 0) is 9.53 Å². The number of carbonyl (C=O) groups is 1. The number of nitrogens with two attached hydrogens (primary N) is 1. The minimum atomic E-state index is -0.928. The Kier molecular flexibility index (Phi) is 7.34. The molecule has 0 heterocycles. The Morgan fingerprint density at radius 3 is 2.35 bits per heavy atom. The first-order valence-corrected chi connectivity index (χ1v) is 6.09. The van der Waals surface area contributed by atoms with Gasteiger partial charge in [0.2, 0.25) is 0 Å². The molecule has 102 valence electrons. The number of hydrogen-bond acceptors (Lipinski definition) is 5. The summed E-state index contributed by atoms with van der Waals surface area (Å²) >= 11 is 0. The highest BCUT2D eigenvalue weighted by atomic mass is 16.5. The van der Waals surface area contributed by atoms with Gasteiger partial charge in [0, 0.05) is 6.54 Å². The van der Waals surface area contributed by atoms with Crippen LogP contribution in [-0.4, -0.2) is 68.7 Å². The SMILES string of the molecule is CCOC(=O)C(C)(N)CN(C)CCCN(C)C. The summed E-state index contributed by atoms with van der Waals surface area (Å²) in [6.07, 6.45) is 1.06. The van der Waals surface area contributed by atoms with Crippen LogP contribution in [0.2, 0.25) is 0 Å². The van der Waals surface area contributed by atoms with Gasteiger partial charge in [0.05, 0.1) is 6.61 Å². The summed E-state index contributed by atoms with van der Waals surface area (Å²) < 4.78 is 4.95. The third-order valence-electron chi connectivity index (χ3n) is 2.49. The molecule has 1 unspecified atom stereocenters. The van der Waals surface area contributed by atoms with Crippen LogP contribution < -0.4 is 5.73 Å². The van der Waals surface area contributed by atoms with Crippen LogP contribution in [0.5, 0.6) is 0 Å². The van der Waals surface area contributed by atoms with Gasteiger partial charge in [-0.1, -0.05) is 0 Å². The van der Waals surface area contributed by atoms with Crippen LogP contribution >= 0.6 is 0 Å². The quantitative estimate of drug-likeness (QED) is 0.617. The zero-order chi connectivity index (χ0) is 13.5. The van der Waals surface area contributed by atoms with E-state index in [1.165, 1.54) is 0 Å². The van der Waals surface area contributed by atoms with Crippen molar-refractivity contribution >= 4 is 5.97 Å². The summed E-state index contributed by atoms with van der Waals surface area (Å²) in [5, 5.41) is 0. The molecule has 0 aliphatic carbocycles. The van der Waals surface area contributed by atoms with Crippen molar-refractivity contribution in [1.29, 1.82) is 0 Å². The highest BCUT2D eigenvalue weighted by molar-refractivity contribution is 5.80. The van der Waals surface area contributed by atoms with Gasteiger partial charge in [-0.05, 0) is 54.5 Å². The molecule has 17 heavy (non-hydrogen) atoms. The van der Waals surface area contributed by atoms with Gasteiger partial charge >= 0.3 is 5.97 Å². The van der Waals surface area contributed by atoms with Gasteiger partial charge < -0.3 is 20.3 Å². The molecule has 0 radical (unpaired) electrons. The molecule has 2 N–H and O–H groups in total. The average molecular weight is 245 g/mol. The first kappa shape index (κ1) is 16.4. The number of hydrogen-bond donors (Lipinski definition) is 1. The minimum Gasteiger partial charge on any atom is -0.465 e. The Morgan fingerprint density at radius 1 is 1.29 bits per heavy atom. The van der Waals surface area contributed by atoms with Crippen molar-refractivity contribution in [3.8, 4) is 0 Å². The Bertz CT molecular complexity index is 230. The maximum atomic E-state index is 11.6. The summed E-state index contributed by atoms with van der Waals surface area (Å²) in [6, 6.07) is 0. The van der Waals surface area contributed by atoms with E-state index in [2.05, 4.69) is 9.80 Å². The number of likely N-dealkylation sites (N-methyl/N-ethyl adjacent to an activating group) is 1. The highest BCUT2D eigenvalue weighted by Gasteiger charge is 2.31. The lowest BCUT2D eigenvalue weighted by Crippen LogP contribution is -2.54. The molecule has 0 fully saturated rings. The molecule has 0 amide bonds. The molecular weight excluding hydrogens is 218 g/mol. The Morgan fingerprint density at radius 2 is 1.88 bits per heavy atom. The second-order valence-electron chi connectivity index (χ2n) is 5.03. The predicted octanol–water partition coefficient (Wildman–Crippen LogP) is 0.150. The topological polar surface area (TPSA) is 58.8 Å². The second kappa shape index (κ2) is 7.63. The molecule has 0 saturated heterocycles. The van der Waals surface area contributed by atoms with E-state index in [4.69, 9.17) is 10.5 Å². The number of rotatable bonds is 8. The summed E-state index contributed by atoms with van der Waals surface area (Å²) in [4.78, 5) is 15.8. The van der Waals surface area contributed by atoms with Gasteiger partial charge in [0.1, 0.15) is 5.54 Å². The third-order valence-corrected chi connectivity index (χ3v) is 2.49. The monoisotopic (exact) mass is 245 g/mol. The van der Waals surface area contributed by atoms with E-state index < -0.39 is 5.54 Å². The summed E-state index contributed by atoms with van der Waals surface area (Å²) in [6.45, 7) is 6.34. The summed E-state index contributed by atoms with van der Waals surface area (Å²) in [7, 11) is 6.07. The van der Waals surface area contributed by atoms with Crippen LogP contribution in [0.1, 0.15) is 20.3 Å². The lowest BCUT2D eigenvalue weighted by Gasteiger charge is -2.28. The van der Waals surface area contributed by atoms with Crippen molar-refractivity contribution < 1.29 is 9.53 Å². The Labute approximate surface area is 105 Å². The van der Waals surface area contributed by atoms with Crippen LogP contribution in [0.25, 0.3) is 0 Å². The first-order valence-electron chi connectivity index (χ1n) is 6.09. The number of nitrogens with zero attached hydrogens (tertiary/aromatic N) is 2. The molecule has 0 aromatic rings. The van der Waals surface area contributed by atoms with Crippen molar-refractivity contribution in [3.63, 3.8) is 0 Å². The van der Waals surface area contributed by atoms with Crippen molar-refractivity contribution in [2.45, 2.75) is 25.8 Å². The minimum absolute atomic E-state index is 0.334. The van der Waals surface area contributed by atoms with Crippen LogP contribution in [0.4, 0.5) is 0 Å². The summed E-state index contributed by atoms with van der Waals surface area (Å²) in [5.41, 5.74) is 5.02. The zero-order valence-electron chi connectivity index (χ0n) is 11.8. The van der Waals surface area contributed by atoms with Crippen molar-refractivity contribution in [1.82, 2.24) is 9.80 Å². The Balaban J connectivity index is 4.00. The number of ether oxygens (including phenoxy) is 1. The maximum absolute atomic E-state index is 11.6. The molecule has 0 bridgehead atoms. The van der Waals surface area contributed by atoms with E-state index in [1.54, 1.807) is 13.8 Å². The van der Waals surface area contributed by atoms with E-state index in [9.17, 15) is 4.79 Å². The normalized spacial score (nSPS) is 15.1. The fourth-order valence-electron chi connectivity index (χ4n) is 1.66. The molecule has 0 spiro atoms. The molecule has 0 saturated carbocycles.